The SMILES string of the molecule is CC(C)(C(=O)O)c1ccc2cc(Cl)ccc2n1. The Bertz CT molecular complexity index is 593. The van der Waals surface area contributed by atoms with Crippen molar-refractivity contribution in [2.75, 3.05) is 0 Å². The standard InChI is InChI=1S/C13H12ClNO2/c1-13(2,12(16)17)11-6-3-8-7-9(14)4-5-10(8)15-11/h3-7H,1-2H3,(H,16,17). The van der Waals surface area contributed by atoms with Crippen LogP contribution in [0.1, 0.15) is 19.5 Å². The van der Waals surface area contributed by atoms with E-state index < -0.39 is 11.4 Å². The Balaban J connectivity index is 2.59. The summed E-state index contributed by atoms with van der Waals surface area (Å²) in [4.78, 5) is 15.5. The Morgan fingerprint density at radius 1 is 1.29 bits per heavy atom. The van der Waals surface area contributed by atoms with E-state index in [2.05, 4.69) is 4.98 Å². The van der Waals surface area contributed by atoms with Gasteiger partial charge in [-0.3, -0.25) is 9.78 Å². The minimum atomic E-state index is -0.992. The fraction of sp³-hybridized carbons (Fsp3) is 0.231. The van der Waals surface area contributed by atoms with Crippen molar-refractivity contribution in [1.29, 1.82) is 0 Å². The molecule has 1 heterocycles. The predicted octanol–water partition coefficient (Wildman–Crippen LogP) is 3.25. The third-order valence-electron chi connectivity index (χ3n) is 2.83. The zero-order valence-electron chi connectivity index (χ0n) is 9.57. The second-order valence-electron chi connectivity index (χ2n) is 4.46. The Labute approximate surface area is 104 Å². The van der Waals surface area contributed by atoms with Gasteiger partial charge in [0, 0.05) is 10.4 Å². The zero-order chi connectivity index (χ0) is 12.6. The van der Waals surface area contributed by atoms with Gasteiger partial charge in [0.25, 0.3) is 0 Å². The van der Waals surface area contributed by atoms with Gasteiger partial charge in [0.2, 0.25) is 0 Å². The van der Waals surface area contributed by atoms with E-state index in [9.17, 15) is 4.79 Å². The van der Waals surface area contributed by atoms with Crippen LogP contribution < -0.4 is 0 Å². The lowest BCUT2D eigenvalue weighted by Crippen LogP contribution is -2.29. The highest BCUT2D eigenvalue weighted by molar-refractivity contribution is 6.31. The van der Waals surface area contributed by atoms with Gasteiger partial charge in [0.1, 0.15) is 5.41 Å². The molecule has 0 aliphatic heterocycles. The van der Waals surface area contributed by atoms with Crippen LogP contribution in [0.15, 0.2) is 30.3 Å². The van der Waals surface area contributed by atoms with E-state index in [1.807, 2.05) is 6.07 Å². The molecular formula is C13H12ClNO2. The number of carboxylic acids is 1. The Morgan fingerprint density at radius 3 is 2.65 bits per heavy atom. The van der Waals surface area contributed by atoms with Crippen molar-refractivity contribution < 1.29 is 9.90 Å². The van der Waals surface area contributed by atoms with Crippen LogP contribution in [-0.4, -0.2) is 16.1 Å². The summed E-state index contributed by atoms with van der Waals surface area (Å²) < 4.78 is 0. The summed E-state index contributed by atoms with van der Waals surface area (Å²) in [7, 11) is 0. The summed E-state index contributed by atoms with van der Waals surface area (Å²) in [6.07, 6.45) is 0. The van der Waals surface area contributed by atoms with Crippen LogP contribution in [0.4, 0.5) is 0 Å². The number of fused-ring (bicyclic) bond motifs is 1. The van der Waals surface area contributed by atoms with Crippen molar-refractivity contribution in [2.45, 2.75) is 19.3 Å². The topological polar surface area (TPSA) is 50.2 Å². The van der Waals surface area contributed by atoms with Crippen LogP contribution in [0.25, 0.3) is 10.9 Å². The van der Waals surface area contributed by atoms with Gasteiger partial charge in [-0.05, 0) is 38.1 Å². The van der Waals surface area contributed by atoms with Crippen molar-refractivity contribution >= 4 is 28.5 Å². The molecule has 0 fully saturated rings. The summed E-state index contributed by atoms with van der Waals surface area (Å²) in [6, 6.07) is 8.91. The van der Waals surface area contributed by atoms with Crippen LogP contribution in [-0.2, 0) is 10.2 Å². The molecule has 1 aromatic heterocycles. The molecule has 1 N–H and O–H groups in total. The van der Waals surface area contributed by atoms with Gasteiger partial charge in [0.05, 0.1) is 11.2 Å². The molecule has 0 aliphatic carbocycles. The zero-order valence-corrected chi connectivity index (χ0v) is 10.3. The largest absolute Gasteiger partial charge is 0.481 e. The Hall–Kier alpha value is -1.61. The monoisotopic (exact) mass is 249 g/mol. The molecule has 0 spiro atoms. The lowest BCUT2D eigenvalue weighted by atomic mass is 9.89. The van der Waals surface area contributed by atoms with Gasteiger partial charge in [-0.1, -0.05) is 17.7 Å². The first-order valence-corrected chi connectivity index (χ1v) is 5.59. The molecule has 0 radical (unpaired) electrons. The lowest BCUT2D eigenvalue weighted by molar-refractivity contribution is -0.142. The van der Waals surface area contributed by atoms with Crippen molar-refractivity contribution in [1.82, 2.24) is 4.98 Å². The summed E-state index contributed by atoms with van der Waals surface area (Å²) in [5.41, 5.74) is 0.300. The minimum Gasteiger partial charge on any atom is -0.481 e. The molecule has 1 aromatic carbocycles. The van der Waals surface area contributed by atoms with E-state index >= 15 is 0 Å². The van der Waals surface area contributed by atoms with Crippen LogP contribution in [0.3, 0.4) is 0 Å². The number of hydrogen-bond donors (Lipinski definition) is 1. The normalized spacial score (nSPS) is 11.7. The number of halogens is 1. The molecule has 0 atom stereocenters. The number of carboxylic acid groups (broad SMARTS) is 1. The Morgan fingerprint density at radius 2 is 2.00 bits per heavy atom. The molecule has 17 heavy (non-hydrogen) atoms. The van der Waals surface area contributed by atoms with Gasteiger partial charge in [-0.2, -0.15) is 0 Å². The van der Waals surface area contributed by atoms with Crippen molar-refractivity contribution in [3.05, 3.63) is 41.0 Å². The molecule has 88 valence electrons. The highest BCUT2D eigenvalue weighted by Gasteiger charge is 2.30. The first-order valence-electron chi connectivity index (χ1n) is 5.21. The molecule has 0 unspecified atom stereocenters. The maximum atomic E-state index is 11.2. The number of aliphatic carboxylic acids is 1. The van der Waals surface area contributed by atoms with Crippen molar-refractivity contribution in [3.8, 4) is 0 Å². The van der Waals surface area contributed by atoms with E-state index in [1.165, 1.54) is 0 Å². The number of rotatable bonds is 2. The van der Waals surface area contributed by atoms with Gasteiger partial charge in [-0.15, -0.1) is 0 Å². The van der Waals surface area contributed by atoms with Crippen molar-refractivity contribution in [2.24, 2.45) is 0 Å². The second kappa shape index (κ2) is 4.00. The molecule has 0 aliphatic rings. The summed E-state index contributed by atoms with van der Waals surface area (Å²) in [5.74, 6) is -0.890. The number of aromatic nitrogens is 1. The average Bonchev–Trinajstić information content (AvgIpc) is 2.28. The molecule has 2 aromatic rings. The number of hydrogen-bond acceptors (Lipinski definition) is 2. The lowest BCUT2D eigenvalue weighted by Gasteiger charge is -2.18. The number of benzene rings is 1. The third-order valence-corrected chi connectivity index (χ3v) is 3.06. The van der Waals surface area contributed by atoms with Gasteiger partial charge < -0.3 is 5.11 Å². The van der Waals surface area contributed by atoms with E-state index in [-0.39, 0.29) is 0 Å². The van der Waals surface area contributed by atoms with E-state index in [0.717, 1.165) is 10.9 Å². The van der Waals surface area contributed by atoms with Crippen LogP contribution in [0, 0.1) is 0 Å². The Kier molecular flexibility index (Phi) is 2.79. The fourth-order valence-corrected chi connectivity index (χ4v) is 1.73. The first kappa shape index (κ1) is 11.9. The molecule has 3 nitrogen and oxygen atoms in total. The third kappa shape index (κ3) is 2.11. The molecule has 2 rings (SSSR count). The molecule has 0 saturated carbocycles. The molecule has 0 amide bonds. The van der Waals surface area contributed by atoms with Crippen LogP contribution in [0.2, 0.25) is 5.02 Å². The average molecular weight is 250 g/mol. The molecule has 0 bridgehead atoms. The molecule has 0 saturated heterocycles. The van der Waals surface area contributed by atoms with E-state index in [0.29, 0.717) is 10.7 Å². The van der Waals surface area contributed by atoms with Crippen LogP contribution >= 0.6 is 11.6 Å². The number of nitrogens with zero attached hydrogens (tertiary/aromatic N) is 1. The fourth-order valence-electron chi connectivity index (χ4n) is 1.55. The summed E-state index contributed by atoms with van der Waals surface area (Å²) in [6.45, 7) is 3.28. The highest BCUT2D eigenvalue weighted by atomic mass is 35.5. The quantitative estimate of drug-likeness (QED) is 0.889. The highest BCUT2D eigenvalue weighted by Crippen LogP contribution is 2.25. The smallest absolute Gasteiger partial charge is 0.315 e. The number of carbonyl (C=O) groups is 1. The molecule has 4 heteroatoms. The van der Waals surface area contributed by atoms with E-state index in [1.54, 1.807) is 38.1 Å². The van der Waals surface area contributed by atoms with Gasteiger partial charge >= 0.3 is 5.97 Å². The van der Waals surface area contributed by atoms with Gasteiger partial charge in [-0.25, -0.2) is 0 Å². The van der Waals surface area contributed by atoms with E-state index in [4.69, 9.17) is 16.7 Å². The van der Waals surface area contributed by atoms with Crippen molar-refractivity contribution in [3.63, 3.8) is 0 Å². The minimum absolute atomic E-state index is 0.542. The summed E-state index contributed by atoms with van der Waals surface area (Å²) >= 11 is 5.88. The first-order chi connectivity index (χ1) is 7.91. The van der Waals surface area contributed by atoms with Gasteiger partial charge in [0.15, 0.2) is 0 Å². The predicted molar refractivity (Wildman–Crippen MR) is 67.4 cm³/mol. The maximum absolute atomic E-state index is 11.2. The molecular weight excluding hydrogens is 238 g/mol. The summed E-state index contributed by atoms with van der Waals surface area (Å²) in [5, 5.41) is 10.7. The maximum Gasteiger partial charge on any atom is 0.315 e. The van der Waals surface area contributed by atoms with Crippen LogP contribution in [0.5, 0.6) is 0 Å². The number of pyridine rings is 1. The second-order valence-corrected chi connectivity index (χ2v) is 4.90.